The molecule has 1 aromatic heterocycles. The molecule has 2 unspecified atom stereocenters. The van der Waals surface area contributed by atoms with Gasteiger partial charge in [-0.15, -0.1) is 0 Å². The number of aromatic nitrogens is 2. The van der Waals surface area contributed by atoms with E-state index in [-0.39, 0.29) is 18.7 Å². The molecular weight excluding hydrogens is 477 g/mol. The van der Waals surface area contributed by atoms with Crippen LogP contribution in [0, 0.1) is 12.3 Å². The number of allylic oxidation sites excluding steroid dienone is 1. The van der Waals surface area contributed by atoms with Crippen molar-refractivity contribution in [3.63, 3.8) is 0 Å². The van der Waals surface area contributed by atoms with E-state index in [1.54, 1.807) is 19.2 Å². The molecule has 2 aliphatic rings. The van der Waals surface area contributed by atoms with Crippen LogP contribution in [0.15, 0.2) is 11.8 Å². The highest BCUT2D eigenvalue weighted by atomic mass is 19.4. The summed E-state index contributed by atoms with van der Waals surface area (Å²) in [6.07, 6.45) is 6.62. The molecule has 2 fully saturated rings. The van der Waals surface area contributed by atoms with Crippen LogP contribution in [-0.4, -0.2) is 39.8 Å². The first kappa shape index (κ1) is 32.4. The summed E-state index contributed by atoms with van der Waals surface area (Å²) in [5.74, 6) is -2.71. The van der Waals surface area contributed by atoms with E-state index < -0.39 is 23.9 Å². The summed E-state index contributed by atoms with van der Waals surface area (Å²) in [7, 11) is 0. The standard InChI is InChI=1S/C20H29F2N3O.C4H10.C3H5F3/c1-13(20(8-9-20)19(3,21)22)10-17-14(2)24-18(11-23-17)16-7-5-4-6-15(12-26)25-16;1-3-4-2;1-2-3(4,5)6/h10-11,15-16,25-26H,4-9,12H2,1-3H3;3-4H2,1-2H3;2H2,1H3/b13-10+;;. The number of unbranched alkanes of at least 4 members (excludes halogenated alkanes) is 1. The Bertz CT molecular complexity index is 815. The predicted molar refractivity (Wildman–Crippen MR) is 135 cm³/mol. The Kier molecular flexibility index (Phi) is 12.9. The third-order valence-electron chi connectivity index (χ3n) is 6.91. The van der Waals surface area contributed by atoms with Gasteiger partial charge >= 0.3 is 6.18 Å². The van der Waals surface area contributed by atoms with E-state index in [2.05, 4.69) is 29.1 Å². The van der Waals surface area contributed by atoms with Crippen LogP contribution in [0.4, 0.5) is 22.0 Å². The summed E-state index contributed by atoms with van der Waals surface area (Å²) in [4.78, 5) is 9.20. The molecule has 0 aromatic carbocycles. The number of hydrogen-bond donors (Lipinski definition) is 2. The predicted octanol–water partition coefficient (Wildman–Crippen LogP) is 7.95. The van der Waals surface area contributed by atoms with Crippen molar-refractivity contribution < 1.29 is 27.1 Å². The lowest BCUT2D eigenvalue weighted by Gasteiger charge is -2.24. The monoisotopic (exact) mass is 521 g/mol. The summed E-state index contributed by atoms with van der Waals surface area (Å²) < 4.78 is 60.2. The first-order valence-electron chi connectivity index (χ1n) is 13.1. The largest absolute Gasteiger partial charge is 0.395 e. The minimum atomic E-state index is -3.96. The molecule has 36 heavy (non-hydrogen) atoms. The Labute approximate surface area is 213 Å². The zero-order chi connectivity index (χ0) is 27.6. The van der Waals surface area contributed by atoms with Gasteiger partial charge in [0.2, 0.25) is 0 Å². The molecule has 2 atom stereocenters. The quantitative estimate of drug-likeness (QED) is 0.373. The first-order chi connectivity index (χ1) is 16.7. The molecule has 2 heterocycles. The Morgan fingerprint density at radius 3 is 2.08 bits per heavy atom. The SMILES string of the molecule is C/C(=C\c1ncc(C2CCCCC(CO)N2)nc1C)C1(C(C)(F)F)CC1.CCC(F)(F)F.CCCC. The second-order valence-electron chi connectivity index (χ2n) is 9.92. The van der Waals surface area contributed by atoms with Crippen molar-refractivity contribution in [2.24, 2.45) is 5.41 Å². The van der Waals surface area contributed by atoms with Crippen LogP contribution in [0.5, 0.6) is 0 Å². The third kappa shape index (κ3) is 10.0. The third-order valence-corrected chi connectivity index (χ3v) is 6.91. The van der Waals surface area contributed by atoms with Crippen LogP contribution < -0.4 is 5.32 Å². The zero-order valence-electron chi connectivity index (χ0n) is 22.6. The van der Waals surface area contributed by atoms with Gasteiger partial charge in [-0.25, -0.2) is 8.78 Å². The summed E-state index contributed by atoms with van der Waals surface area (Å²) >= 11 is 0. The van der Waals surface area contributed by atoms with Crippen LogP contribution >= 0.6 is 0 Å². The molecule has 9 heteroatoms. The average Bonchev–Trinajstić information content (AvgIpc) is 3.65. The van der Waals surface area contributed by atoms with Crippen molar-refractivity contribution in [1.29, 1.82) is 0 Å². The van der Waals surface area contributed by atoms with Gasteiger partial charge in [0.05, 0.1) is 41.3 Å². The minimum absolute atomic E-state index is 0.0784. The van der Waals surface area contributed by atoms with Gasteiger partial charge < -0.3 is 10.4 Å². The van der Waals surface area contributed by atoms with Gasteiger partial charge in [-0.3, -0.25) is 9.97 Å². The summed E-state index contributed by atoms with van der Waals surface area (Å²) in [6, 6.07) is 0.169. The molecule has 0 bridgehead atoms. The van der Waals surface area contributed by atoms with Crippen molar-refractivity contribution in [2.75, 3.05) is 6.61 Å². The topological polar surface area (TPSA) is 58.0 Å². The lowest BCUT2D eigenvalue weighted by molar-refractivity contribution is -0.130. The van der Waals surface area contributed by atoms with Crippen LogP contribution in [0.25, 0.3) is 6.08 Å². The lowest BCUT2D eigenvalue weighted by Crippen LogP contribution is -2.34. The number of nitrogens with one attached hydrogen (secondary N) is 1. The van der Waals surface area contributed by atoms with Gasteiger partial charge in [0, 0.05) is 19.4 Å². The Balaban J connectivity index is 0.000000551. The molecule has 1 saturated carbocycles. The van der Waals surface area contributed by atoms with Crippen LogP contribution in [-0.2, 0) is 0 Å². The van der Waals surface area contributed by atoms with E-state index in [0.29, 0.717) is 24.1 Å². The zero-order valence-corrected chi connectivity index (χ0v) is 22.6. The van der Waals surface area contributed by atoms with Crippen molar-refractivity contribution in [3.05, 3.63) is 28.9 Å². The minimum Gasteiger partial charge on any atom is -0.395 e. The maximum atomic E-state index is 13.9. The normalized spacial score (nSPS) is 21.9. The van der Waals surface area contributed by atoms with Crippen molar-refractivity contribution >= 4 is 6.08 Å². The molecule has 2 N–H and O–H groups in total. The van der Waals surface area contributed by atoms with E-state index in [1.807, 2.05) is 6.92 Å². The maximum absolute atomic E-state index is 13.9. The van der Waals surface area contributed by atoms with Gasteiger partial charge in [0.15, 0.2) is 0 Å². The molecular formula is C27H44F5N3O. The summed E-state index contributed by atoms with van der Waals surface area (Å²) in [5, 5.41) is 12.9. The molecule has 0 radical (unpaired) electrons. The van der Waals surface area contributed by atoms with E-state index in [9.17, 15) is 27.1 Å². The lowest BCUT2D eigenvalue weighted by atomic mass is 9.90. The fourth-order valence-corrected chi connectivity index (χ4v) is 4.03. The smallest absolute Gasteiger partial charge is 0.388 e. The highest BCUT2D eigenvalue weighted by molar-refractivity contribution is 5.54. The van der Waals surface area contributed by atoms with E-state index in [4.69, 9.17) is 0 Å². The molecule has 3 rings (SSSR count). The number of halogens is 5. The number of nitrogens with zero attached hydrogens (tertiary/aromatic N) is 2. The Morgan fingerprint density at radius 2 is 1.67 bits per heavy atom. The van der Waals surface area contributed by atoms with Gasteiger partial charge in [0.1, 0.15) is 0 Å². The second kappa shape index (κ2) is 14.4. The van der Waals surface area contributed by atoms with E-state index >= 15 is 0 Å². The number of rotatable bonds is 6. The van der Waals surface area contributed by atoms with Crippen molar-refractivity contribution in [2.45, 2.75) is 124 Å². The fraction of sp³-hybridized carbons (Fsp3) is 0.778. The molecule has 208 valence electrons. The average molecular weight is 522 g/mol. The number of aliphatic hydroxyl groups is 1. The molecule has 1 aromatic rings. The maximum Gasteiger partial charge on any atom is 0.388 e. The number of aliphatic hydroxyl groups excluding tert-OH is 1. The fourth-order valence-electron chi connectivity index (χ4n) is 4.03. The molecule has 1 aliphatic heterocycles. The number of alkyl halides is 5. The molecule has 1 saturated heterocycles. The van der Waals surface area contributed by atoms with Gasteiger partial charge in [-0.2, -0.15) is 13.2 Å². The van der Waals surface area contributed by atoms with E-state index in [0.717, 1.165) is 50.9 Å². The number of aryl methyl sites for hydroxylation is 1. The summed E-state index contributed by atoms with van der Waals surface area (Å²) in [6.45, 7) is 10.2. The van der Waals surface area contributed by atoms with Crippen LogP contribution in [0.1, 0.15) is 116 Å². The Morgan fingerprint density at radius 1 is 1.11 bits per heavy atom. The molecule has 0 amide bonds. The molecule has 4 nitrogen and oxygen atoms in total. The molecule has 1 aliphatic carbocycles. The van der Waals surface area contributed by atoms with Gasteiger partial charge in [-0.05, 0) is 45.6 Å². The first-order valence-corrected chi connectivity index (χ1v) is 13.1. The van der Waals surface area contributed by atoms with Crippen molar-refractivity contribution in [1.82, 2.24) is 15.3 Å². The highest BCUT2D eigenvalue weighted by Gasteiger charge is 2.59. The molecule has 0 spiro atoms. The van der Waals surface area contributed by atoms with E-state index in [1.165, 1.54) is 12.8 Å². The van der Waals surface area contributed by atoms with Crippen molar-refractivity contribution in [3.8, 4) is 0 Å². The van der Waals surface area contributed by atoms with Gasteiger partial charge in [-0.1, -0.05) is 52.0 Å². The Hall–Kier alpha value is -1.61. The van der Waals surface area contributed by atoms with Gasteiger partial charge in [0.25, 0.3) is 5.92 Å². The number of hydrogen-bond acceptors (Lipinski definition) is 4. The van der Waals surface area contributed by atoms with Crippen LogP contribution in [0.2, 0.25) is 0 Å². The van der Waals surface area contributed by atoms with Crippen LogP contribution in [0.3, 0.4) is 0 Å². The second-order valence-corrected chi connectivity index (χ2v) is 9.92. The summed E-state index contributed by atoms with van der Waals surface area (Å²) in [5.41, 5.74) is 1.96. The highest BCUT2D eigenvalue weighted by Crippen LogP contribution is 2.61.